The number of rotatable bonds is 8. The molecule has 0 unspecified atom stereocenters. The van der Waals surface area contributed by atoms with E-state index in [1.165, 1.54) is 12.0 Å². The first-order valence-electron chi connectivity index (χ1n) is 17.2. The summed E-state index contributed by atoms with van der Waals surface area (Å²) >= 11 is 0. The van der Waals surface area contributed by atoms with Crippen molar-refractivity contribution in [2.45, 2.75) is 50.7 Å². The molecular formula is C38H46N6O7. The van der Waals surface area contributed by atoms with Gasteiger partial charge in [-0.1, -0.05) is 56.3 Å². The number of fused-ring (bicyclic) bond motifs is 4. The highest BCUT2D eigenvalue weighted by atomic mass is 16.5. The Hall–Kier alpha value is -5.30. The molecule has 0 spiro atoms. The van der Waals surface area contributed by atoms with Gasteiger partial charge in [0.05, 0.1) is 19.2 Å². The van der Waals surface area contributed by atoms with E-state index >= 15 is 0 Å². The lowest BCUT2D eigenvalue weighted by molar-refractivity contribution is -0.141. The highest BCUT2D eigenvalue weighted by Gasteiger charge is 2.39. The molecule has 4 atom stereocenters. The maximum atomic E-state index is 14.2. The molecule has 13 nitrogen and oxygen atoms in total. The molecule has 1 saturated heterocycles. The van der Waals surface area contributed by atoms with Crippen LogP contribution in [-0.4, -0.2) is 109 Å². The minimum Gasteiger partial charge on any atom is -0.484 e. The van der Waals surface area contributed by atoms with Crippen molar-refractivity contribution in [1.29, 1.82) is 0 Å². The quantitative estimate of drug-likeness (QED) is 0.322. The van der Waals surface area contributed by atoms with Crippen molar-refractivity contribution in [1.82, 2.24) is 30.7 Å². The Balaban J connectivity index is 1.50. The molecule has 1 fully saturated rings. The number of amides is 5. The van der Waals surface area contributed by atoms with Crippen LogP contribution in [0, 0.1) is 5.92 Å². The SMILES string of the molecule is COCCN1CC(=O)N[C@@H](Cc2ccccc2)C(=O)N[C@@H]2CN(C(=O)c3ccncc3)C[C@H]2c2cccc(c2)OCC(=O)N[C@H](CC(C)C)C1=O. The van der Waals surface area contributed by atoms with Crippen molar-refractivity contribution in [3.63, 3.8) is 0 Å². The monoisotopic (exact) mass is 698 g/mol. The molecule has 0 radical (unpaired) electrons. The smallest absolute Gasteiger partial charge is 0.258 e. The fourth-order valence-electron chi connectivity index (χ4n) is 6.49. The van der Waals surface area contributed by atoms with Crippen LogP contribution in [0.1, 0.15) is 47.7 Å². The topological polar surface area (TPSA) is 159 Å². The molecule has 2 aliphatic rings. The van der Waals surface area contributed by atoms with Crippen molar-refractivity contribution < 1.29 is 33.4 Å². The normalized spacial score (nSPS) is 21.9. The van der Waals surface area contributed by atoms with E-state index in [2.05, 4.69) is 20.9 Å². The molecule has 0 aliphatic carbocycles. The van der Waals surface area contributed by atoms with E-state index in [-0.39, 0.29) is 57.0 Å². The fraction of sp³-hybridized carbons (Fsp3) is 0.421. The number of carbonyl (C=O) groups excluding carboxylic acids is 5. The maximum absolute atomic E-state index is 14.2. The van der Waals surface area contributed by atoms with Gasteiger partial charge in [0.1, 0.15) is 17.8 Å². The van der Waals surface area contributed by atoms with Crippen molar-refractivity contribution >= 4 is 29.5 Å². The molecule has 5 amide bonds. The van der Waals surface area contributed by atoms with Gasteiger partial charge in [-0.15, -0.1) is 0 Å². The van der Waals surface area contributed by atoms with E-state index in [0.29, 0.717) is 24.3 Å². The third-order valence-corrected chi connectivity index (χ3v) is 9.00. The van der Waals surface area contributed by atoms with Crippen molar-refractivity contribution in [3.05, 3.63) is 95.8 Å². The van der Waals surface area contributed by atoms with Gasteiger partial charge in [0, 0.05) is 57.0 Å². The van der Waals surface area contributed by atoms with Gasteiger partial charge in [0.2, 0.25) is 17.7 Å². The summed E-state index contributed by atoms with van der Waals surface area (Å²) < 4.78 is 11.1. The van der Waals surface area contributed by atoms with Gasteiger partial charge in [-0.25, -0.2) is 0 Å². The molecule has 270 valence electrons. The van der Waals surface area contributed by atoms with Crippen molar-refractivity contribution in [2.75, 3.05) is 46.5 Å². The third-order valence-electron chi connectivity index (χ3n) is 9.00. The molecule has 5 rings (SSSR count). The number of aromatic nitrogens is 1. The van der Waals surface area contributed by atoms with Crippen LogP contribution in [0.25, 0.3) is 0 Å². The van der Waals surface area contributed by atoms with E-state index in [9.17, 15) is 24.0 Å². The first-order valence-corrected chi connectivity index (χ1v) is 17.2. The number of benzene rings is 2. The summed E-state index contributed by atoms with van der Waals surface area (Å²) in [6.45, 7) is 3.95. The Labute approximate surface area is 298 Å². The average molecular weight is 699 g/mol. The second-order valence-electron chi connectivity index (χ2n) is 13.3. The number of nitrogens with one attached hydrogen (secondary N) is 3. The first-order chi connectivity index (χ1) is 24.6. The number of pyridine rings is 1. The van der Waals surface area contributed by atoms with Gasteiger partial charge in [0.25, 0.3) is 11.8 Å². The third kappa shape index (κ3) is 10.1. The van der Waals surface area contributed by atoms with Crippen molar-refractivity contribution in [2.24, 2.45) is 5.92 Å². The van der Waals surface area contributed by atoms with Gasteiger partial charge >= 0.3 is 0 Å². The summed E-state index contributed by atoms with van der Waals surface area (Å²) in [4.78, 5) is 75.6. The molecule has 13 heteroatoms. The zero-order chi connectivity index (χ0) is 36.3. The van der Waals surface area contributed by atoms with E-state index in [1.807, 2.05) is 50.2 Å². The minimum atomic E-state index is -0.996. The van der Waals surface area contributed by atoms with E-state index < -0.39 is 41.8 Å². The van der Waals surface area contributed by atoms with E-state index in [0.717, 1.165) is 11.1 Å². The summed E-state index contributed by atoms with van der Waals surface area (Å²) in [5.74, 6) is -1.95. The Bertz CT molecular complexity index is 1670. The molecule has 2 aromatic carbocycles. The molecule has 51 heavy (non-hydrogen) atoms. The fourth-order valence-corrected chi connectivity index (χ4v) is 6.49. The number of hydrogen-bond donors (Lipinski definition) is 3. The number of ether oxygens (including phenoxy) is 2. The highest BCUT2D eigenvalue weighted by Crippen LogP contribution is 2.31. The lowest BCUT2D eigenvalue weighted by Crippen LogP contribution is -2.56. The van der Waals surface area contributed by atoms with Crippen LogP contribution < -0.4 is 20.7 Å². The number of carbonyl (C=O) groups is 5. The molecule has 2 bridgehead atoms. The van der Waals surface area contributed by atoms with E-state index in [4.69, 9.17) is 9.47 Å². The van der Waals surface area contributed by atoms with Crippen LogP contribution in [0.3, 0.4) is 0 Å². The summed E-state index contributed by atoms with van der Waals surface area (Å²) in [6, 6.07) is 17.4. The Morgan fingerprint density at radius 1 is 0.922 bits per heavy atom. The molecule has 0 saturated carbocycles. The van der Waals surface area contributed by atoms with Gasteiger partial charge in [-0.05, 0) is 47.7 Å². The number of likely N-dealkylation sites (tertiary alicyclic amines) is 1. The first kappa shape index (κ1) is 37.0. The molecule has 3 heterocycles. The summed E-state index contributed by atoms with van der Waals surface area (Å²) in [6.07, 6.45) is 3.64. The lowest BCUT2D eigenvalue weighted by Gasteiger charge is -2.29. The summed E-state index contributed by atoms with van der Waals surface area (Å²) in [5, 5.41) is 8.83. The Morgan fingerprint density at radius 2 is 1.67 bits per heavy atom. The Kier molecular flexibility index (Phi) is 12.7. The minimum absolute atomic E-state index is 0.0520. The largest absolute Gasteiger partial charge is 0.484 e. The van der Waals surface area contributed by atoms with Gasteiger partial charge < -0.3 is 35.2 Å². The molecule has 1 aromatic heterocycles. The Morgan fingerprint density at radius 3 is 2.39 bits per heavy atom. The maximum Gasteiger partial charge on any atom is 0.258 e. The summed E-state index contributed by atoms with van der Waals surface area (Å²) in [7, 11) is 1.49. The summed E-state index contributed by atoms with van der Waals surface area (Å²) in [5.41, 5.74) is 2.10. The molecule has 3 N–H and O–H groups in total. The molecule has 3 aromatic rings. The van der Waals surface area contributed by atoms with E-state index in [1.54, 1.807) is 47.6 Å². The molecule has 2 aliphatic heterocycles. The van der Waals surface area contributed by atoms with Crippen LogP contribution in [0.15, 0.2) is 79.1 Å². The van der Waals surface area contributed by atoms with Crippen LogP contribution in [0.5, 0.6) is 5.75 Å². The van der Waals surface area contributed by atoms with Crippen LogP contribution >= 0.6 is 0 Å². The van der Waals surface area contributed by atoms with Gasteiger partial charge in [-0.2, -0.15) is 0 Å². The zero-order valence-electron chi connectivity index (χ0n) is 29.2. The molecular weight excluding hydrogens is 652 g/mol. The number of methoxy groups -OCH3 is 1. The number of hydrogen-bond acceptors (Lipinski definition) is 8. The van der Waals surface area contributed by atoms with Gasteiger partial charge in [-0.3, -0.25) is 29.0 Å². The average Bonchev–Trinajstić information content (AvgIpc) is 3.55. The lowest BCUT2D eigenvalue weighted by atomic mass is 9.93. The second kappa shape index (κ2) is 17.6. The predicted molar refractivity (Wildman–Crippen MR) is 189 cm³/mol. The second-order valence-corrected chi connectivity index (χ2v) is 13.3. The van der Waals surface area contributed by atoms with Crippen LogP contribution in [0.4, 0.5) is 0 Å². The van der Waals surface area contributed by atoms with Crippen molar-refractivity contribution in [3.8, 4) is 5.75 Å². The standard InChI is InChI=1S/C38H46N6O7/c1-25(2)18-32-38(49)43(16-17-50-3)23-34(45)40-31(19-26-8-5-4-6-9-26)36(47)42-33-22-44(37(48)27-12-14-39-15-13-27)21-30(33)28-10-7-11-29(20-28)51-24-35(46)41-32/h4-15,20,25,30-33H,16-19,21-24H2,1-3H3,(H,40,45)(H,41,46)(H,42,47)/t30-,31-,32+,33+/m0/s1. The number of nitrogens with zero attached hydrogens (tertiary/aromatic N) is 3. The highest BCUT2D eigenvalue weighted by molar-refractivity contribution is 5.95. The van der Waals surface area contributed by atoms with Crippen LogP contribution in [0.2, 0.25) is 0 Å². The predicted octanol–water partition coefficient (Wildman–Crippen LogP) is 1.93. The van der Waals surface area contributed by atoms with Crippen LogP contribution in [-0.2, 0) is 30.3 Å². The van der Waals surface area contributed by atoms with Gasteiger partial charge in [0.15, 0.2) is 6.61 Å². The zero-order valence-corrected chi connectivity index (χ0v) is 29.2.